The van der Waals surface area contributed by atoms with Crippen molar-refractivity contribution in [3.8, 4) is 10.4 Å². The Bertz CT molecular complexity index is 2050. The number of hydrogen-bond acceptors (Lipinski definition) is 7. The van der Waals surface area contributed by atoms with E-state index in [0.717, 1.165) is 57.7 Å². The topological polar surface area (TPSA) is 94.6 Å². The first-order chi connectivity index (χ1) is 23.8. The number of amides is 3. The van der Waals surface area contributed by atoms with E-state index < -0.39 is 5.82 Å². The van der Waals surface area contributed by atoms with Crippen molar-refractivity contribution in [3.05, 3.63) is 124 Å². The van der Waals surface area contributed by atoms with Crippen LogP contribution < -0.4 is 20.4 Å². The number of carbonyl (C=O) groups excluding carboxylic acids is 3. The number of thioether (sulfide) groups is 1. The van der Waals surface area contributed by atoms with E-state index in [4.69, 9.17) is 0 Å². The van der Waals surface area contributed by atoms with Gasteiger partial charge in [-0.25, -0.2) is 9.37 Å². The van der Waals surface area contributed by atoms with Gasteiger partial charge in [0, 0.05) is 58.9 Å². The van der Waals surface area contributed by atoms with Gasteiger partial charge in [-0.3, -0.25) is 14.4 Å². The molecule has 49 heavy (non-hydrogen) atoms. The van der Waals surface area contributed by atoms with Gasteiger partial charge in [0.25, 0.3) is 17.7 Å². The van der Waals surface area contributed by atoms with Gasteiger partial charge in [-0.05, 0) is 85.5 Å². The largest absolute Gasteiger partial charge is 0.353 e. The molecule has 11 heteroatoms. The molecule has 2 N–H and O–H groups in total. The van der Waals surface area contributed by atoms with Gasteiger partial charge < -0.3 is 20.4 Å². The van der Waals surface area contributed by atoms with Crippen LogP contribution in [0.15, 0.2) is 85.1 Å². The van der Waals surface area contributed by atoms with Crippen LogP contribution in [-0.2, 0) is 6.42 Å². The summed E-state index contributed by atoms with van der Waals surface area (Å²) < 4.78 is 14.4. The molecule has 0 spiro atoms. The third-order valence-electron chi connectivity index (χ3n) is 8.74. The third-order valence-corrected chi connectivity index (χ3v) is 10.9. The Hall–Kier alpha value is -5.00. The smallest absolute Gasteiger partial charge is 0.265 e. The zero-order valence-electron chi connectivity index (χ0n) is 27.1. The highest BCUT2D eigenvalue weighted by molar-refractivity contribution is 7.99. The summed E-state index contributed by atoms with van der Waals surface area (Å²) in [5.41, 5.74) is 5.87. The molecule has 0 bridgehead atoms. The molecule has 2 aromatic heterocycles. The lowest BCUT2D eigenvalue weighted by atomic mass is 10.1. The maximum atomic E-state index is 14.4. The second kappa shape index (κ2) is 13.9. The molecule has 3 amide bonds. The molecule has 248 valence electrons. The molecular formula is C38H34FN5O3S2. The average Bonchev–Trinajstić information content (AvgIpc) is 3.48. The highest BCUT2D eigenvalue weighted by Gasteiger charge is 2.28. The summed E-state index contributed by atoms with van der Waals surface area (Å²) in [6.45, 7) is 5.84. The monoisotopic (exact) mass is 691 g/mol. The Morgan fingerprint density at radius 2 is 1.59 bits per heavy atom. The van der Waals surface area contributed by atoms with E-state index in [1.807, 2.05) is 61.3 Å². The van der Waals surface area contributed by atoms with Gasteiger partial charge in [0.1, 0.15) is 5.82 Å². The fourth-order valence-corrected chi connectivity index (χ4v) is 8.22. The molecule has 2 aliphatic heterocycles. The van der Waals surface area contributed by atoms with Gasteiger partial charge in [0.15, 0.2) is 5.82 Å². The van der Waals surface area contributed by atoms with Gasteiger partial charge in [-0.15, -0.1) is 11.3 Å². The van der Waals surface area contributed by atoms with Gasteiger partial charge in [0.05, 0.1) is 21.9 Å². The maximum absolute atomic E-state index is 14.4. The van der Waals surface area contributed by atoms with E-state index in [1.54, 1.807) is 48.2 Å². The van der Waals surface area contributed by atoms with Crippen molar-refractivity contribution in [1.82, 2.24) is 4.98 Å². The van der Waals surface area contributed by atoms with E-state index >= 15 is 0 Å². The summed E-state index contributed by atoms with van der Waals surface area (Å²) in [7, 11) is 0. The highest BCUT2D eigenvalue weighted by atomic mass is 32.2. The quantitative estimate of drug-likeness (QED) is 0.189. The summed E-state index contributed by atoms with van der Waals surface area (Å²) in [5.74, 6) is 1.49. The third kappa shape index (κ3) is 6.68. The number of nitrogens with one attached hydrogen (secondary N) is 2. The summed E-state index contributed by atoms with van der Waals surface area (Å²) in [6, 6.07) is 22.8. The second-order valence-corrected chi connectivity index (χ2v) is 14.4. The number of benzene rings is 3. The lowest BCUT2D eigenvalue weighted by molar-refractivity contribution is 0.0983. The lowest BCUT2D eigenvalue weighted by Gasteiger charge is -2.29. The summed E-state index contributed by atoms with van der Waals surface area (Å²) in [4.78, 5) is 50.5. The molecule has 2 aliphatic rings. The Kier molecular flexibility index (Phi) is 9.20. The highest BCUT2D eigenvalue weighted by Crippen LogP contribution is 2.42. The Morgan fingerprint density at radius 1 is 0.837 bits per heavy atom. The molecule has 8 nitrogen and oxygen atoms in total. The average molecular weight is 692 g/mol. The Morgan fingerprint density at radius 3 is 2.37 bits per heavy atom. The van der Waals surface area contributed by atoms with E-state index in [2.05, 4.69) is 20.5 Å². The van der Waals surface area contributed by atoms with Crippen molar-refractivity contribution >= 4 is 63.7 Å². The number of halogens is 1. The number of anilines is 4. The summed E-state index contributed by atoms with van der Waals surface area (Å²) in [6.07, 6.45) is 2.35. The molecule has 1 fully saturated rings. The minimum Gasteiger partial charge on any atom is -0.353 e. The molecule has 0 unspecified atom stereocenters. The maximum Gasteiger partial charge on any atom is 0.265 e. The number of fused-ring (bicyclic) bond motifs is 3. The van der Waals surface area contributed by atoms with Crippen LogP contribution in [0.4, 0.5) is 27.3 Å². The fraction of sp³-hybridized carbons (Fsp3) is 0.211. The zero-order valence-corrected chi connectivity index (χ0v) is 28.7. The number of thiophene rings is 1. The van der Waals surface area contributed by atoms with Crippen LogP contribution in [0.3, 0.4) is 0 Å². The van der Waals surface area contributed by atoms with Crippen LogP contribution in [-0.4, -0.2) is 53.8 Å². The zero-order chi connectivity index (χ0) is 34.1. The number of aromatic nitrogens is 1. The number of hydrogen-bond donors (Lipinski definition) is 2. The van der Waals surface area contributed by atoms with Crippen LogP contribution >= 0.6 is 23.1 Å². The van der Waals surface area contributed by atoms with Gasteiger partial charge in [0.2, 0.25) is 0 Å². The van der Waals surface area contributed by atoms with Crippen molar-refractivity contribution in [3.63, 3.8) is 0 Å². The normalized spacial score (nSPS) is 14.0. The SMILES string of the molecule is Cc1cnc(N2CCSCC2)c(NC(=O)c2ccc(C(=O)N3CCc4cc(C(=O)Nc5c(C)cccc5F)sc4-c4ccccc43)cc2)c1. The minimum atomic E-state index is -0.482. The standard InChI is InChI=1S/C38H34FN5O3S2/c1-23-20-30(35(40-22-23)43-16-18-48-19-17-43)41-36(45)25-10-12-26(13-11-25)38(47)44-15-14-27-21-32(49-34(27)28-7-3-4-9-31(28)44)37(46)42-33-24(2)6-5-8-29(33)39/h3-13,20-22H,14-19H2,1-2H3,(H,41,45)(H,42,46). The van der Waals surface area contributed by atoms with Gasteiger partial charge >= 0.3 is 0 Å². The number of pyridine rings is 1. The number of para-hydroxylation sites is 2. The number of rotatable bonds is 6. The van der Waals surface area contributed by atoms with Crippen molar-refractivity contribution in [2.75, 3.05) is 51.6 Å². The molecule has 5 aromatic rings. The van der Waals surface area contributed by atoms with Crippen molar-refractivity contribution < 1.29 is 18.8 Å². The number of nitrogens with zero attached hydrogens (tertiary/aromatic N) is 3. The molecule has 0 aliphatic carbocycles. The molecule has 0 radical (unpaired) electrons. The molecule has 0 atom stereocenters. The molecule has 7 rings (SSSR count). The first-order valence-electron chi connectivity index (χ1n) is 16.1. The second-order valence-electron chi connectivity index (χ2n) is 12.1. The van der Waals surface area contributed by atoms with Crippen molar-refractivity contribution in [2.24, 2.45) is 0 Å². The van der Waals surface area contributed by atoms with Crippen LogP contribution in [0.1, 0.15) is 47.1 Å². The van der Waals surface area contributed by atoms with E-state index in [0.29, 0.717) is 40.2 Å². The first kappa shape index (κ1) is 32.5. The van der Waals surface area contributed by atoms with Crippen LogP contribution in [0.5, 0.6) is 0 Å². The number of carbonyl (C=O) groups is 3. The predicted molar refractivity (Wildman–Crippen MR) is 197 cm³/mol. The van der Waals surface area contributed by atoms with Crippen molar-refractivity contribution in [1.29, 1.82) is 0 Å². The molecule has 4 heterocycles. The molecular weight excluding hydrogens is 658 g/mol. The molecule has 3 aromatic carbocycles. The van der Waals surface area contributed by atoms with Crippen LogP contribution in [0.2, 0.25) is 0 Å². The van der Waals surface area contributed by atoms with Crippen LogP contribution in [0, 0.1) is 19.7 Å². The van der Waals surface area contributed by atoms with Crippen LogP contribution in [0.25, 0.3) is 10.4 Å². The van der Waals surface area contributed by atoms with Gasteiger partial charge in [-0.2, -0.15) is 11.8 Å². The summed E-state index contributed by atoms with van der Waals surface area (Å²) in [5, 5.41) is 5.78. The van der Waals surface area contributed by atoms with Gasteiger partial charge in [-0.1, -0.05) is 30.3 Å². The fourth-order valence-electron chi connectivity index (χ4n) is 6.18. The first-order valence-corrected chi connectivity index (χ1v) is 18.0. The number of aryl methyl sites for hydroxylation is 2. The molecule has 0 saturated carbocycles. The van der Waals surface area contributed by atoms with E-state index in [9.17, 15) is 18.8 Å². The van der Waals surface area contributed by atoms with Crippen molar-refractivity contribution in [2.45, 2.75) is 20.3 Å². The Labute approximate surface area is 292 Å². The summed E-state index contributed by atoms with van der Waals surface area (Å²) >= 11 is 3.24. The predicted octanol–water partition coefficient (Wildman–Crippen LogP) is 7.83. The van der Waals surface area contributed by atoms with E-state index in [-0.39, 0.29) is 23.4 Å². The van der Waals surface area contributed by atoms with E-state index in [1.165, 1.54) is 17.4 Å². The lowest BCUT2D eigenvalue weighted by Crippen LogP contribution is -2.34. The minimum absolute atomic E-state index is 0.172. The molecule has 1 saturated heterocycles. The Balaban J connectivity index is 1.09.